The molecule has 0 atom stereocenters. The normalized spacial score (nSPS) is 15.1. The number of nitriles is 1. The Kier molecular flexibility index (Phi) is 10.4. The van der Waals surface area contributed by atoms with E-state index in [9.17, 15) is 8.42 Å². The quantitative estimate of drug-likeness (QED) is 0.718. The van der Waals surface area contributed by atoms with Gasteiger partial charge in [-0.05, 0) is 37.2 Å². The van der Waals surface area contributed by atoms with E-state index in [4.69, 9.17) is 5.26 Å². The summed E-state index contributed by atoms with van der Waals surface area (Å²) in [4.78, 5) is 2.52. The SMILES string of the molecule is Cl.Cl.N#Cc1ccc(S(=O)(=O)NCCCN2CCNCC2)cc1. The molecule has 1 saturated heterocycles. The molecule has 23 heavy (non-hydrogen) atoms. The van der Waals surface area contributed by atoms with Crippen LogP contribution >= 0.6 is 24.8 Å². The van der Waals surface area contributed by atoms with Gasteiger partial charge in [-0.1, -0.05) is 0 Å². The van der Waals surface area contributed by atoms with E-state index in [1.54, 1.807) is 0 Å². The number of nitrogens with zero attached hydrogens (tertiary/aromatic N) is 2. The molecule has 0 spiro atoms. The van der Waals surface area contributed by atoms with Gasteiger partial charge in [0.15, 0.2) is 0 Å². The van der Waals surface area contributed by atoms with Crippen molar-refractivity contribution in [2.24, 2.45) is 0 Å². The number of piperazine rings is 1. The van der Waals surface area contributed by atoms with Gasteiger partial charge in [-0.25, -0.2) is 13.1 Å². The lowest BCUT2D eigenvalue weighted by atomic mass is 10.2. The third-order valence-corrected chi connectivity index (χ3v) is 4.92. The molecule has 0 bridgehead atoms. The van der Waals surface area contributed by atoms with Crippen LogP contribution in [0.4, 0.5) is 0 Å². The number of halogens is 2. The van der Waals surface area contributed by atoms with E-state index >= 15 is 0 Å². The van der Waals surface area contributed by atoms with E-state index in [2.05, 4.69) is 14.9 Å². The van der Waals surface area contributed by atoms with Crippen LogP contribution in [0.5, 0.6) is 0 Å². The first-order valence-electron chi connectivity index (χ1n) is 7.05. The minimum atomic E-state index is -3.48. The maximum absolute atomic E-state index is 12.1. The fourth-order valence-electron chi connectivity index (χ4n) is 2.24. The van der Waals surface area contributed by atoms with Crippen molar-refractivity contribution in [3.8, 4) is 6.07 Å². The summed E-state index contributed by atoms with van der Waals surface area (Å²) in [7, 11) is -3.48. The molecule has 1 aliphatic rings. The Bertz CT molecular complexity index is 596. The molecule has 1 aliphatic heterocycles. The topological polar surface area (TPSA) is 85.2 Å². The van der Waals surface area contributed by atoms with Crippen LogP contribution in [0.3, 0.4) is 0 Å². The van der Waals surface area contributed by atoms with Crippen molar-refractivity contribution >= 4 is 34.8 Å². The first-order valence-corrected chi connectivity index (χ1v) is 8.53. The molecular formula is C14H22Cl2N4O2S. The van der Waals surface area contributed by atoms with Crippen LogP contribution in [0, 0.1) is 11.3 Å². The molecule has 130 valence electrons. The number of benzene rings is 1. The average Bonchev–Trinajstić information content (AvgIpc) is 2.53. The molecule has 1 aromatic rings. The van der Waals surface area contributed by atoms with E-state index in [1.165, 1.54) is 24.3 Å². The number of nitrogens with one attached hydrogen (secondary N) is 2. The lowest BCUT2D eigenvalue weighted by molar-refractivity contribution is 0.239. The maximum Gasteiger partial charge on any atom is 0.240 e. The molecule has 6 nitrogen and oxygen atoms in total. The number of sulfonamides is 1. The van der Waals surface area contributed by atoms with Crippen LogP contribution in [-0.2, 0) is 10.0 Å². The molecule has 0 radical (unpaired) electrons. The number of hydrogen-bond donors (Lipinski definition) is 2. The van der Waals surface area contributed by atoms with Gasteiger partial charge in [0.1, 0.15) is 0 Å². The summed E-state index contributed by atoms with van der Waals surface area (Å²) in [5.74, 6) is 0. The van der Waals surface area contributed by atoms with E-state index in [0.29, 0.717) is 12.1 Å². The molecule has 2 N–H and O–H groups in total. The zero-order valence-electron chi connectivity index (χ0n) is 12.7. The fourth-order valence-corrected chi connectivity index (χ4v) is 3.31. The zero-order valence-corrected chi connectivity index (χ0v) is 15.1. The van der Waals surface area contributed by atoms with Gasteiger partial charge in [-0.3, -0.25) is 0 Å². The van der Waals surface area contributed by atoms with Crippen molar-refractivity contribution < 1.29 is 8.42 Å². The van der Waals surface area contributed by atoms with Gasteiger partial charge in [-0.15, -0.1) is 24.8 Å². The van der Waals surface area contributed by atoms with Gasteiger partial charge in [0.25, 0.3) is 0 Å². The second kappa shape index (κ2) is 10.8. The Morgan fingerprint density at radius 2 is 1.78 bits per heavy atom. The van der Waals surface area contributed by atoms with Crippen LogP contribution < -0.4 is 10.0 Å². The Morgan fingerprint density at radius 1 is 1.17 bits per heavy atom. The monoisotopic (exact) mass is 380 g/mol. The van der Waals surface area contributed by atoms with Crippen molar-refractivity contribution in [1.29, 1.82) is 5.26 Å². The van der Waals surface area contributed by atoms with Crippen LogP contribution in [0.2, 0.25) is 0 Å². The Hall–Kier alpha value is -0.880. The Morgan fingerprint density at radius 3 is 2.35 bits per heavy atom. The first kappa shape index (κ1) is 22.1. The average molecular weight is 381 g/mol. The molecule has 1 fully saturated rings. The third-order valence-electron chi connectivity index (χ3n) is 3.45. The highest BCUT2D eigenvalue weighted by Crippen LogP contribution is 2.09. The van der Waals surface area contributed by atoms with Crippen LogP contribution in [0.1, 0.15) is 12.0 Å². The molecule has 1 heterocycles. The van der Waals surface area contributed by atoms with E-state index in [0.717, 1.165) is 39.1 Å². The van der Waals surface area contributed by atoms with Crippen molar-refractivity contribution in [3.05, 3.63) is 29.8 Å². The Labute approximate surface area is 150 Å². The molecule has 0 saturated carbocycles. The van der Waals surface area contributed by atoms with Crippen LogP contribution in [-0.4, -0.2) is 52.6 Å². The fraction of sp³-hybridized carbons (Fsp3) is 0.500. The second-order valence-electron chi connectivity index (χ2n) is 4.98. The summed E-state index contributed by atoms with van der Waals surface area (Å²) in [6.07, 6.45) is 0.787. The van der Waals surface area contributed by atoms with Crippen molar-refractivity contribution in [2.75, 3.05) is 39.3 Å². The zero-order chi connectivity index (χ0) is 15.1. The molecule has 1 aromatic carbocycles. The van der Waals surface area contributed by atoms with Crippen molar-refractivity contribution in [2.45, 2.75) is 11.3 Å². The molecule has 0 aromatic heterocycles. The molecule has 0 unspecified atom stereocenters. The van der Waals surface area contributed by atoms with Crippen LogP contribution in [0.25, 0.3) is 0 Å². The highest BCUT2D eigenvalue weighted by Gasteiger charge is 2.14. The third kappa shape index (κ3) is 7.04. The van der Waals surface area contributed by atoms with Gasteiger partial charge in [0.05, 0.1) is 16.5 Å². The molecule has 2 rings (SSSR count). The van der Waals surface area contributed by atoms with Crippen molar-refractivity contribution in [1.82, 2.24) is 14.9 Å². The predicted molar refractivity (Wildman–Crippen MR) is 94.8 cm³/mol. The summed E-state index contributed by atoms with van der Waals surface area (Å²) in [6.45, 7) is 5.35. The van der Waals surface area contributed by atoms with Crippen molar-refractivity contribution in [3.63, 3.8) is 0 Å². The summed E-state index contributed by atoms with van der Waals surface area (Å²) < 4.78 is 26.7. The molecule has 0 amide bonds. The highest BCUT2D eigenvalue weighted by atomic mass is 35.5. The number of rotatable bonds is 6. The van der Waals surface area contributed by atoms with E-state index in [-0.39, 0.29) is 29.7 Å². The maximum atomic E-state index is 12.1. The van der Waals surface area contributed by atoms with Gasteiger partial charge < -0.3 is 10.2 Å². The van der Waals surface area contributed by atoms with Gasteiger partial charge in [-0.2, -0.15) is 5.26 Å². The first-order chi connectivity index (χ1) is 10.1. The van der Waals surface area contributed by atoms with Crippen LogP contribution in [0.15, 0.2) is 29.2 Å². The number of hydrogen-bond acceptors (Lipinski definition) is 5. The lowest BCUT2D eigenvalue weighted by Gasteiger charge is -2.27. The molecule has 9 heteroatoms. The van der Waals surface area contributed by atoms with Gasteiger partial charge in [0, 0.05) is 32.7 Å². The minimum Gasteiger partial charge on any atom is -0.314 e. The largest absolute Gasteiger partial charge is 0.314 e. The van der Waals surface area contributed by atoms with Gasteiger partial charge in [0.2, 0.25) is 10.0 Å². The Balaban J connectivity index is 0.00000242. The highest BCUT2D eigenvalue weighted by molar-refractivity contribution is 7.89. The predicted octanol–water partition coefficient (Wildman–Crippen LogP) is 0.975. The lowest BCUT2D eigenvalue weighted by Crippen LogP contribution is -2.44. The summed E-state index contributed by atoms with van der Waals surface area (Å²) >= 11 is 0. The minimum absolute atomic E-state index is 0. The molecule has 0 aliphatic carbocycles. The second-order valence-corrected chi connectivity index (χ2v) is 6.75. The standard InChI is InChI=1S/C14H20N4O2S.2ClH/c15-12-13-2-4-14(5-3-13)21(19,20)17-6-1-9-18-10-7-16-8-11-18;;/h2-5,16-17H,1,6-11H2;2*1H. The van der Waals surface area contributed by atoms with E-state index < -0.39 is 10.0 Å². The van der Waals surface area contributed by atoms with Gasteiger partial charge >= 0.3 is 0 Å². The van der Waals surface area contributed by atoms with E-state index in [1.807, 2.05) is 6.07 Å². The summed E-state index contributed by atoms with van der Waals surface area (Å²) in [6, 6.07) is 7.90. The summed E-state index contributed by atoms with van der Waals surface area (Å²) in [5.41, 5.74) is 0.452. The smallest absolute Gasteiger partial charge is 0.240 e. The summed E-state index contributed by atoms with van der Waals surface area (Å²) in [5, 5.41) is 12.0. The molecular weight excluding hydrogens is 359 g/mol.